The van der Waals surface area contributed by atoms with Gasteiger partial charge in [-0.15, -0.1) is 0 Å². The highest BCUT2D eigenvalue weighted by molar-refractivity contribution is 5.89. The first-order chi connectivity index (χ1) is 7.17. The van der Waals surface area contributed by atoms with Crippen LogP contribution in [0.4, 0.5) is 4.39 Å². The average Bonchev–Trinajstić information content (AvgIpc) is 2.26. The number of rotatable bonds is 3. The molecule has 3 nitrogen and oxygen atoms in total. The van der Waals surface area contributed by atoms with Gasteiger partial charge in [0.05, 0.1) is 5.56 Å². The fourth-order valence-electron chi connectivity index (χ4n) is 0.896. The Hall–Kier alpha value is -2.15. The van der Waals surface area contributed by atoms with E-state index >= 15 is 0 Å². The van der Waals surface area contributed by atoms with Crippen LogP contribution in [-0.4, -0.2) is 12.1 Å². The fraction of sp³-hybridized carbons (Fsp3) is 0.0909. The lowest BCUT2D eigenvalue weighted by molar-refractivity contribution is 0.0473. The van der Waals surface area contributed by atoms with E-state index in [4.69, 9.17) is 10.00 Å². The fourth-order valence-corrected chi connectivity index (χ4v) is 0.896. The van der Waals surface area contributed by atoms with Gasteiger partial charge < -0.3 is 4.74 Å². The maximum Gasteiger partial charge on any atom is 0.339 e. The van der Waals surface area contributed by atoms with Gasteiger partial charge in [-0.1, -0.05) is 6.58 Å². The molecule has 1 aromatic carbocycles. The van der Waals surface area contributed by atoms with Crippen LogP contribution < -0.4 is 0 Å². The molecule has 0 bridgehead atoms. The van der Waals surface area contributed by atoms with E-state index in [2.05, 4.69) is 6.58 Å². The number of halogens is 1. The normalized spacial score (nSPS) is 11.2. The van der Waals surface area contributed by atoms with E-state index in [1.54, 1.807) is 6.07 Å². The quantitative estimate of drug-likeness (QED) is 0.560. The number of benzene rings is 1. The van der Waals surface area contributed by atoms with Crippen molar-refractivity contribution in [1.82, 2.24) is 0 Å². The Balaban J connectivity index is 2.74. The Kier molecular flexibility index (Phi) is 3.58. The monoisotopic (exact) mass is 205 g/mol. The van der Waals surface area contributed by atoms with Crippen molar-refractivity contribution in [1.29, 1.82) is 5.26 Å². The third kappa shape index (κ3) is 2.92. The van der Waals surface area contributed by atoms with Crippen molar-refractivity contribution in [3.05, 3.63) is 48.3 Å². The zero-order valence-corrected chi connectivity index (χ0v) is 7.81. The summed E-state index contributed by atoms with van der Waals surface area (Å²) in [6.07, 6.45) is 0.226. The van der Waals surface area contributed by atoms with Gasteiger partial charge in [-0.3, -0.25) is 0 Å². The third-order valence-corrected chi connectivity index (χ3v) is 1.66. The molecule has 0 fully saturated rings. The van der Waals surface area contributed by atoms with Crippen molar-refractivity contribution in [3.8, 4) is 6.07 Å². The van der Waals surface area contributed by atoms with Crippen LogP contribution in [0.15, 0.2) is 36.9 Å². The number of esters is 1. The zero-order chi connectivity index (χ0) is 11.3. The molecule has 1 atom stereocenters. The number of ether oxygens (including phenoxy) is 1. The standard InChI is InChI=1S/C11H8FNO2/c1-2-10(7-13)15-11(14)8-3-5-9(12)6-4-8/h2-6,10H,1H2. The molecule has 0 aliphatic carbocycles. The van der Waals surface area contributed by atoms with Crippen molar-refractivity contribution >= 4 is 5.97 Å². The number of hydrogen-bond donors (Lipinski definition) is 0. The van der Waals surface area contributed by atoms with Crippen LogP contribution in [0, 0.1) is 17.1 Å². The Morgan fingerprint density at radius 1 is 1.53 bits per heavy atom. The molecular formula is C11H8FNO2. The van der Waals surface area contributed by atoms with Crippen LogP contribution in [-0.2, 0) is 4.74 Å². The molecule has 1 unspecified atom stereocenters. The molecule has 0 amide bonds. The molecule has 0 saturated heterocycles. The largest absolute Gasteiger partial charge is 0.439 e. The highest BCUT2D eigenvalue weighted by atomic mass is 19.1. The smallest absolute Gasteiger partial charge is 0.339 e. The zero-order valence-electron chi connectivity index (χ0n) is 7.81. The maximum absolute atomic E-state index is 12.5. The topological polar surface area (TPSA) is 50.1 Å². The summed E-state index contributed by atoms with van der Waals surface area (Å²) in [6.45, 7) is 3.33. The maximum atomic E-state index is 12.5. The molecule has 0 aliphatic heterocycles. The van der Waals surface area contributed by atoms with E-state index in [0.717, 1.165) is 12.1 Å². The minimum absolute atomic E-state index is 0.193. The predicted molar refractivity (Wildman–Crippen MR) is 51.4 cm³/mol. The van der Waals surface area contributed by atoms with E-state index in [1.807, 2.05) is 0 Å². The van der Waals surface area contributed by atoms with Gasteiger partial charge in [-0.05, 0) is 30.3 Å². The third-order valence-electron chi connectivity index (χ3n) is 1.66. The number of hydrogen-bond acceptors (Lipinski definition) is 3. The first-order valence-corrected chi connectivity index (χ1v) is 4.16. The summed E-state index contributed by atoms with van der Waals surface area (Å²) in [5.74, 6) is -1.12. The van der Waals surface area contributed by atoms with Crippen LogP contribution in [0.25, 0.3) is 0 Å². The van der Waals surface area contributed by atoms with Gasteiger partial charge in [0.1, 0.15) is 11.9 Å². The molecule has 4 heteroatoms. The molecule has 15 heavy (non-hydrogen) atoms. The molecule has 0 spiro atoms. The minimum atomic E-state index is -0.984. The summed E-state index contributed by atoms with van der Waals surface area (Å²) in [6, 6.07) is 6.59. The van der Waals surface area contributed by atoms with Gasteiger partial charge in [0.25, 0.3) is 0 Å². The summed E-state index contributed by atoms with van der Waals surface area (Å²) in [5.41, 5.74) is 0.193. The van der Waals surface area contributed by atoms with Crippen molar-refractivity contribution in [2.75, 3.05) is 0 Å². The molecule has 0 N–H and O–H groups in total. The SMILES string of the molecule is C=CC(C#N)OC(=O)c1ccc(F)cc1. The summed E-state index contributed by atoms with van der Waals surface area (Å²) < 4.78 is 17.3. The van der Waals surface area contributed by atoms with Crippen molar-refractivity contribution < 1.29 is 13.9 Å². The van der Waals surface area contributed by atoms with Gasteiger partial charge in [0.15, 0.2) is 0 Å². The molecule has 0 saturated carbocycles. The van der Waals surface area contributed by atoms with Gasteiger partial charge in [0.2, 0.25) is 6.10 Å². The number of nitrogens with zero attached hydrogens (tertiary/aromatic N) is 1. The van der Waals surface area contributed by atoms with E-state index in [-0.39, 0.29) is 5.56 Å². The highest BCUT2D eigenvalue weighted by Gasteiger charge is 2.11. The lowest BCUT2D eigenvalue weighted by Crippen LogP contribution is -2.13. The summed E-state index contributed by atoms with van der Waals surface area (Å²) in [5, 5.41) is 8.51. The molecule has 0 aromatic heterocycles. The number of carbonyl (C=O) groups is 1. The first-order valence-electron chi connectivity index (χ1n) is 4.16. The van der Waals surface area contributed by atoms with Crippen LogP contribution >= 0.6 is 0 Å². The summed E-state index contributed by atoms with van der Waals surface area (Å²) in [4.78, 5) is 11.3. The average molecular weight is 205 g/mol. The van der Waals surface area contributed by atoms with Crippen molar-refractivity contribution in [3.63, 3.8) is 0 Å². The van der Waals surface area contributed by atoms with E-state index in [9.17, 15) is 9.18 Å². The Morgan fingerprint density at radius 2 is 2.13 bits per heavy atom. The molecule has 0 radical (unpaired) electrons. The van der Waals surface area contributed by atoms with Crippen LogP contribution in [0.3, 0.4) is 0 Å². The molecule has 0 aliphatic rings. The molecule has 1 rings (SSSR count). The van der Waals surface area contributed by atoms with Crippen LogP contribution in [0.1, 0.15) is 10.4 Å². The van der Waals surface area contributed by atoms with Crippen molar-refractivity contribution in [2.45, 2.75) is 6.10 Å². The van der Waals surface area contributed by atoms with Gasteiger partial charge in [0, 0.05) is 0 Å². The Labute approximate surface area is 86.4 Å². The van der Waals surface area contributed by atoms with Crippen LogP contribution in [0.5, 0.6) is 0 Å². The Morgan fingerprint density at radius 3 is 2.60 bits per heavy atom. The minimum Gasteiger partial charge on any atom is -0.439 e. The summed E-state index contributed by atoms with van der Waals surface area (Å²) >= 11 is 0. The lowest BCUT2D eigenvalue weighted by atomic mass is 10.2. The Bertz CT molecular complexity index is 406. The summed E-state index contributed by atoms with van der Waals surface area (Å²) in [7, 11) is 0. The van der Waals surface area contributed by atoms with Gasteiger partial charge in [-0.2, -0.15) is 5.26 Å². The van der Waals surface area contributed by atoms with Crippen molar-refractivity contribution in [2.24, 2.45) is 0 Å². The predicted octanol–water partition coefficient (Wildman–Crippen LogP) is 2.06. The van der Waals surface area contributed by atoms with Crippen LogP contribution in [0.2, 0.25) is 0 Å². The van der Waals surface area contributed by atoms with Gasteiger partial charge in [-0.25, -0.2) is 9.18 Å². The second-order valence-corrected chi connectivity index (χ2v) is 2.70. The molecular weight excluding hydrogens is 197 g/mol. The second-order valence-electron chi connectivity index (χ2n) is 2.70. The second kappa shape index (κ2) is 4.91. The first kappa shape index (κ1) is 10.9. The van der Waals surface area contributed by atoms with Gasteiger partial charge >= 0.3 is 5.97 Å². The van der Waals surface area contributed by atoms with E-state index in [1.165, 1.54) is 18.2 Å². The number of carbonyl (C=O) groups excluding carboxylic acids is 1. The molecule has 0 heterocycles. The van der Waals surface area contributed by atoms with E-state index in [0.29, 0.717) is 0 Å². The molecule has 76 valence electrons. The number of nitriles is 1. The molecule has 1 aromatic rings. The van der Waals surface area contributed by atoms with E-state index < -0.39 is 17.9 Å². The highest BCUT2D eigenvalue weighted by Crippen LogP contribution is 2.06. The lowest BCUT2D eigenvalue weighted by Gasteiger charge is -2.05.